The number of halogens is 1. The minimum Gasteiger partial charge on any atom is -0.478 e. The second kappa shape index (κ2) is 12.2. The van der Waals surface area contributed by atoms with Crippen LogP contribution in [0.1, 0.15) is 63.5 Å². The molecule has 0 radical (unpaired) electrons. The van der Waals surface area contributed by atoms with Gasteiger partial charge in [-0.1, -0.05) is 86.1 Å². The van der Waals surface area contributed by atoms with Crippen molar-refractivity contribution in [3.05, 3.63) is 125 Å². The van der Waals surface area contributed by atoms with Gasteiger partial charge in [0, 0.05) is 16.7 Å². The maximum Gasteiger partial charge on any atom is 0.336 e. The van der Waals surface area contributed by atoms with E-state index in [2.05, 4.69) is 28.8 Å². The van der Waals surface area contributed by atoms with Gasteiger partial charge in [0.1, 0.15) is 5.82 Å². The molecular formula is C31H28ClN3O3. The maximum absolute atomic E-state index is 13.2. The Morgan fingerprint density at radius 2 is 1.82 bits per heavy atom. The van der Waals surface area contributed by atoms with E-state index in [1.165, 1.54) is 11.6 Å². The summed E-state index contributed by atoms with van der Waals surface area (Å²) in [6.07, 6.45) is 4.98. The van der Waals surface area contributed by atoms with Gasteiger partial charge < -0.3 is 15.4 Å². The molecule has 6 nitrogen and oxygen atoms in total. The molecule has 0 aliphatic rings. The predicted molar refractivity (Wildman–Crippen MR) is 153 cm³/mol. The fourth-order valence-corrected chi connectivity index (χ4v) is 4.42. The number of aromatic nitrogens is 2. The van der Waals surface area contributed by atoms with E-state index in [9.17, 15) is 14.7 Å². The summed E-state index contributed by atoms with van der Waals surface area (Å²) < 4.78 is 0. The van der Waals surface area contributed by atoms with E-state index < -0.39 is 5.97 Å². The highest BCUT2D eigenvalue weighted by Gasteiger charge is 2.21. The first-order chi connectivity index (χ1) is 18.4. The van der Waals surface area contributed by atoms with Crippen LogP contribution in [-0.2, 0) is 0 Å². The Bertz CT molecular complexity index is 1500. The quantitative estimate of drug-likeness (QED) is 0.188. The number of hydrogen-bond donors (Lipinski definition) is 3. The summed E-state index contributed by atoms with van der Waals surface area (Å²) in [5.74, 6) is -0.986. The average molecular weight is 526 g/mol. The van der Waals surface area contributed by atoms with Crippen molar-refractivity contribution in [3.63, 3.8) is 0 Å². The van der Waals surface area contributed by atoms with Crippen molar-refractivity contribution < 1.29 is 14.7 Å². The van der Waals surface area contributed by atoms with Gasteiger partial charge in [0.05, 0.1) is 22.6 Å². The van der Waals surface area contributed by atoms with Crippen LogP contribution in [0.25, 0.3) is 22.2 Å². The lowest BCUT2D eigenvalue weighted by molar-refractivity contribution is 0.0696. The van der Waals surface area contributed by atoms with E-state index in [0.29, 0.717) is 22.5 Å². The van der Waals surface area contributed by atoms with Gasteiger partial charge in [-0.05, 0) is 53.5 Å². The molecule has 7 heteroatoms. The number of benzene rings is 3. The van der Waals surface area contributed by atoms with Crippen molar-refractivity contribution >= 4 is 45.7 Å². The molecule has 3 N–H and O–H groups in total. The average Bonchev–Trinajstić information content (AvgIpc) is 3.37. The molecule has 0 saturated carbocycles. The first-order valence-electron chi connectivity index (χ1n) is 12.3. The SMILES string of the molecule is C=C(/C(=C\C=C/Cl)c1nc2ccccc2[nH]1)c1ccc(C(=O)N[C@@H](CCC)c2ccccc2)cc1C(=O)O. The molecule has 192 valence electrons. The Hall–Kier alpha value is -4.42. The van der Waals surface area contributed by atoms with Crippen molar-refractivity contribution in [2.75, 3.05) is 0 Å². The molecule has 4 rings (SSSR count). The number of hydrogen-bond acceptors (Lipinski definition) is 3. The van der Waals surface area contributed by atoms with Crippen LogP contribution >= 0.6 is 11.6 Å². The Balaban J connectivity index is 1.68. The number of amides is 1. The molecule has 1 aromatic heterocycles. The van der Waals surface area contributed by atoms with Gasteiger partial charge in [-0.2, -0.15) is 0 Å². The van der Waals surface area contributed by atoms with E-state index in [0.717, 1.165) is 29.4 Å². The van der Waals surface area contributed by atoms with Gasteiger partial charge >= 0.3 is 5.97 Å². The molecule has 3 aromatic carbocycles. The fraction of sp³-hybridized carbons (Fsp3) is 0.129. The standard InChI is InChI=1S/C31H28ClN3O3/c1-3-10-26(21-11-5-4-6-12-21)35-30(36)22-16-17-23(25(19-22)31(37)38)20(2)24(13-9-18-32)29-33-27-14-7-8-15-28(27)34-29/h4-9,11-19,26H,2-3,10H2,1H3,(H,33,34)(H,35,36)(H,37,38)/b18-9-,24-13+/t26-/m0/s1. The number of imidazole rings is 1. The summed E-state index contributed by atoms with van der Waals surface area (Å²) in [5.41, 5.74) is 5.54. The fourth-order valence-electron chi connectivity index (χ4n) is 4.34. The van der Waals surface area contributed by atoms with Crippen molar-refractivity contribution in [2.45, 2.75) is 25.8 Å². The van der Waals surface area contributed by atoms with E-state index in [-0.39, 0.29) is 23.1 Å². The van der Waals surface area contributed by atoms with E-state index in [1.807, 2.05) is 54.6 Å². The number of nitrogens with one attached hydrogen (secondary N) is 2. The number of nitrogens with zero attached hydrogens (tertiary/aromatic N) is 1. The molecular weight excluding hydrogens is 498 g/mol. The molecule has 1 amide bonds. The monoisotopic (exact) mass is 525 g/mol. The predicted octanol–water partition coefficient (Wildman–Crippen LogP) is 7.38. The Kier molecular flexibility index (Phi) is 8.56. The maximum atomic E-state index is 13.2. The summed E-state index contributed by atoms with van der Waals surface area (Å²) in [7, 11) is 0. The third-order valence-corrected chi connectivity index (χ3v) is 6.37. The number of aromatic amines is 1. The number of allylic oxidation sites excluding steroid dienone is 4. The lowest BCUT2D eigenvalue weighted by Crippen LogP contribution is -2.28. The summed E-state index contributed by atoms with van der Waals surface area (Å²) >= 11 is 5.78. The van der Waals surface area contributed by atoms with Gasteiger partial charge in [0.2, 0.25) is 0 Å². The smallest absolute Gasteiger partial charge is 0.336 e. The Morgan fingerprint density at radius 1 is 1.08 bits per heavy atom. The van der Waals surface area contributed by atoms with Crippen molar-refractivity contribution in [1.82, 2.24) is 15.3 Å². The number of para-hydroxylation sites is 2. The number of carboxylic acids is 1. The second-order valence-corrected chi connectivity index (χ2v) is 9.02. The lowest BCUT2D eigenvalue weighted by atomic mass is 9.92. The molecule has 4 aromatic rings. The third-order valence-electron chi connectivity index (χ3n) is 6.23. The van der Waals surface area contributed by atoms with Crippen LogP contribution in [0.4, 0.5) is 0 Å². The molecule has 1 heterocycles. The molecule has 38 heavy (non-hydrogen) atoms. The molecule has 0 unspecified atom stereocenters. The molecule has 0 spiro atoms. The summed E-state index contributed by atoms with van der Waals surface area (Å²) in [4.78, 5) is 33.4. The number of fused-ring (bicyclic) bond motifs is 1. The summed E-state index contributed by atoms with van der Waals surface area (Å²) in [6.45, 7) is 6.24. The summed E-state index contributed by atoms with van der Waals surface area (Å²) in [6, 6.07) is 21.7. The van der Waals surface area contributed by atoms with Gasteiger partial charge in [-0.3, -0.25) is 4.79 Å². The van der Waals surface area contributed by atoms with Crippen molar-refractivity contribution in [1.29, 1.82) is 0 Å². The zero-order valence-electron chi connectivity index (χ0n) is 20.9. The van der Waals surface area contributed by atoms with E-state index in [1.54, 1.807) is 24.3 Å². The Labute approximate surface area is 226 Å². The first-order valence-corrected chi connectivity index (χ1v) is 12.7. The second-order valence-electron chi connectivity index (χ2n) is 8.77. The zero-order valence-corrected chi connectivity index (χ0v) is 21.7. The van der Waals surface area contributed by atoms with Crippen LogP contribution < -0.4 is 5.32 Å². The van der Waals surface area contributed by atoms with Crippen LogP contribution in [0.2, 0.25) is 0 Å². The minimum absolute atomic E-state index is 0.0359. The van der Waals surface area contributed by atoms with Gasteiger partial charge in [-0.15, -0.1) is 0 Å². The highest BCUT2D eigenvalue weighted by molar-refractivity contribution is 6.25. The van der Waals surface area contributed by atoms with E-state index >= 15 is 0 Å². The molecule has 0 bridgehead atoms. The van der Waals surface area contributed by atoms with Gasteiger partial charge in [0.15, 0.2) is 0 Å². The first kappa shape index (κ1) is 26.6. The topological polar surface area (TPSA) is 95.1 Å². The molecule has 1 atom stereocenters. The van der Waals surface area contributed by atoms with Crippen LogP contribution in [-0.4, -0.2) is 27.0 Å². The molecule has 0 aliphatic carbocycles. The number of rotatable bonds is 10. The highest BCUT2D eigenvalue weighted by Crippen LogP contribution is 2.32. The van der Waals surface area contributed by atoms with Crippen molar-refractivity contribution in [3.8, 4) is 0 Å². The van der Waals surface area contributed by atoms with Crippen LogP contribution in [0.15, 0.2) is 97.1 Å². The highest BCUT2D eigenvalue weighted by atomic mass is 35.5. The van der Waals surface area contributed by atoms with E-state index in [4.69, 9.17) is 11.6 Å². The van der Waals surface area contributed by atoms with Crippen LogP contribution in [0.3, 0.4) is 0 Å². The Morgan fingerprint density at radius 3 is 2.50 bits per heavy atom. The molecule has 0 fully saturated rings. The number of H-pyrrole nitrogens is 1. The normalized spacial score (nSPS) is 12.5. The van der Waals surface area contributed by atoms with Crippen LogP contribution in [0.5, 0.6) is 0 Å². The lowest BCUT2D eigenvalue weighted by Gasteiger charge is -2.19. The number of aromatic carboxylic acids is 1. The van der Waals surface area contributed by atoms with Gasteiger partial charge in [0.25, 0.3) is 5.91 Å². The number of carboxylic acid groups (broad SMARTS) is 1. The molecule has 0 saturated heterocycles. The largest absolute Gasteiger partial charge is 0.478 e. The van der Waals surface area contributed by atoms with Gasteiger partial charge in [-0.25, -0.2) is 9.78 Å². The summed E-state index contributed by atoms with van der Waals surface area (Å²) in [5, 5.41) is 13.1. The van der Waals surface area contributed by atoms with Crippen molar-refractivity contribution in [2.24, 2.45) is 0 Å². The minimum atomic E-state index is -1.17. The third kappa shape index (κ3) is 5.93. The van der Waals surface area contributed by atoms with Crippen LogP contribution in [0, 0.1) is 0 Å². The number of carbonyl (C=O) groups excluding carboxylic acids is 1. The zero-order chi connectivity index (χ0) is 27.1. The molecule has 0 aliphatic heterocycles. The number of carbonyl (C=O) groups is 2.